The second-order valence-corrected chi connectivity index (χ2v) is 5.47. The predicted molar refractivity (Wildman–Crippen MR) is 82.0 cm³/mol. The normalized spacial score (nSPS) is 11.3. The number of aryl methyl sites for hydroxylation is 1. The van der Waals surface area contributed by atoms with Gasteiger partial charge < -0.3 is 4.57 Å². The van der Waals surface area contributed by atoms with Crippen molar-refractivity contribution in [3.63, 3.8) is 0 Å². The number of hydrogen-bond donors (Lipinski definition) is 1. The number of thiophene rings is 1. The first-order chi connectivity index (χ1) is 10.6. The lowest BCUT2D eigenvalue weighted by atomic mass is 10.4. The zero-order valence-electron chi connectivity index (χ0n) is 11.6. The minimum absolute atomic E-state index is 0.00388. The number of hydrazone groups is 1. The summed E-state index contributed by atoms with van der Waals surface area (Å²) >= 11 is 1.52. The highest BCUT2D eigenvalue weighted by Crippen LogP contribution is 2.04. The van der Waals surface area contributed by atoms with Crippen LogP contribution in [0.2, 0.25) is 0 Å². The lowest BCUT2D eigenvalue weighted by Crippen LogP contribution is -2.27. The van der Waals surface area contributed by atoms with Crippen LogP contribution in [0, 0.1) is 6.92 Å². The summed E-state index contributed by atoms with van der Waals surface area (Å²) < 4.78 is 2.75. The van der Waals surface area contributed by atoms with Gasteiger partial charge >= 0.3 is 0 Å². The second kappa shape index (κ2) is 5.90. The summed E-state index contributed by atoms with van der Waals surface area (Å²) in [5, 5.41) is 9.65. The highest BCUT2D eigenvalue weighted by atomic mass is 32.1. The van der Waals surface area contributed by atoms with E-state index in [2.05, 4.69) is 20.6 Å². The first kappa shape index (κ1) is 14.1. The van der Waals surface area contributed by atoms with Crippen LogP contribution in [0.1, 0.15) is 10.6 Å². The van der Waals surface area contributed by atoms with Gasteiger partial charge in [0.15, 0.2) is 0 Å². The standard InChI is InChI=1S/C13H12N6O2S/c1-9-5-12(21)19-13(14-8-16-19)18(9)7-11(20)17-15-6-10-3-2-4-22-10/h2-6,8H,7H2,1H3,(H,17,20)/b15-6-. The molecule has 112 valence electrons. The highest BCUT2D eigenvalue weighted by Gasteiger charge is 2.11. The van der Waals surface area contributed by atoms with E-state index >= 15 is 0 Å². The van der Waals surface area contributed by atoms with Crippen molar-refractivity contribution in [1.29, 1.82) is 0 Å². The number of aromatic nitrogens is 4. The fourth-order valence-electron chi connectivity index (χ4n) is 1.96. The Morgan fingerprint density at radius 1 is 1.55 bits per heavy atom. The fraction of sp³-hybridized carbons (Fsp3) is 0.154. The van der Waals surface area contributed by atoms with E-state index in [0.717, 1.165) is 9.39 Å². The Labute approximate surface area is 128 Å². The van der Waals surface area contributed by atoms with Gasteiger partial charge in [0.05, 0.1) is 6.21 Å². The van der Waals surface area contributed by atoms with Gasteiger partial charge in [0.2, 0.25) is 5.78 Å². The van der Waals surface area contributed by atoms with Crippen molar-refractivity contribution < 1.29 is 4.79 Å². The number of nitrogens with zero attached hydrogens (tertiary/aromatic N) is 5. The van der Waals surface area contributed by atoms with Crippen LogP contribution in [0.4, 0.5) is 0 Å². The van der Waals surface area contributed by atoms with Crippen molar-refractivity contribution in [3.05, 3.63) is 50.8 Å². The third kappa shape index (κ3) is 2.79. The average Bonchev–Trinajstić information content (AvgIpc) is 3.14. The monoisotopic (exact) mass is 316 g/mol. The molecule has 8 nitrogen and oxygen atoms in total. The first-order valence-corrected chi connectivity index (χ1v) is 7.29. The average molecular weight is 316 g/mol. The van der Waals surface area contributed by atoms with Crippen molar-refractivity contribution in [2.45, 2.75) is 13.5 Å². The van der Waals surface area contributed by atoms with E-state index in [1.807, 2.05) is 17.5 Å². The van der Waals surface area contributed by atoms with Crippen LogP contribution in [0.5, 0.6) is 0 Å². The minimum atomic E-state index is -0.315. The van der Waals surface area contributed by atoms with Crippen molar-refractivity contribution in [3.8, 4) is 0 Å². The number of hydrogen-bond acceptors (Lipinski definition) is 6. The van der Waals surface area contributed by atoms with Crippen molar-refractivity contribution in [2.24, 2.45) is 5.10 Å². The lowest BCUT2D eigenvalue weighted by Gasteiger charge is -2.09. The van der Waals surface area contributed by atoms with E-state index in [4.69, 9.17) is 0 Å². The van der Waals surface area contributed by atoms with Crippen LogP contribution in [-0.2, 0) is 11.3 Å². The number of carbonyl (C=O) groups is 1. The van der Waals surface area contributed by atoms with Crippen LogP contribution in [-0.4, -0.2) is 31.3 Å². The van der Waals surface area contributed by atoms with Gasteiger partial charge in [-0.2, -0.15) is 19.7 Å². The highest BCUT2D eigenvalue weighted by molar-refractivity contribution is 7.11. The van der Waals surface area contributed by atoms with E-state index in [9.17, 15) is 9.59 Å². The molecule has 0 bridgehead atoms. The Kier molecular flexibility index (Phi) is 3.79. The van der Waals surface area contributed by atoms with Gasteiger partial charge in [-0.1, -0.05) is 6.07 Å². The van der Waals surface area contributed by atoms with Gasteiger partial charge in [-0.25, -0.2) is 5.43 Å². The molecule has 1 amide bonds. The summed E-state index contributed by atoms with van der Waals surface area (Å²) in [6, 6.07) is 5.20. The number of rotatable bonds is 4. The van der Waals surface area contributed by atoms with Crippen LogP contribution in [0.3, 0.4) is 0 Å². The molecule has 3 aromatic heterocycles. The maximum Gasteiger partial charge on any atom is 0.275 e. The molecule has 0 saturated carbocycles. The van der Waals surface area contributed by atoms with Crippen LogP contribution in [0.15, 0.2) is 39.8 Å². The van der Waals surface area contributed by atoms with E-state index in [0.29, 0.717) is 11.5 Å². The molecule has 0 atom stereocenters. The molecule has 0 aliphatic carbocycles. The smallest absolute Gasteiger partial charge is 0.275 e. The van der Waals surface area contributed by atoms with Crippen molar-refractivity contribution in [1.82, 2.24) is 24.6 Å². The SMILES string of the molecule is Cc1cc(=O)n2ncnc2n1CC(=O)N/N=C\c1cccs1. The number of fused-ring (bicyclic) bond motifs is 1. The molecule has 1 N–H and O–H groups in total. The van der Waals surface area contributed by atoms with Gasteiger partial charge in [0.1, 0.15) is 12.9 Å². The molecule has 0 saturated heterocycles. The largest absolute Gasteiger partial charge is 0.305 e. The Hall–Kier alpha value is -2.81. The molecule has 3 heterocycles. The zero-order valence-corrected chi connectivity index (χ0v) is 12.4. The van der Waals surface area contributed by atoms with E-state index in [-0.39, 0.29) is 18.0 Å². The molecule has 22 heavy (non-hydrogen) atoms. The quantitative estimate of drug-likeness (QED) is 0.557. The Morgan fingerprint density at radius 2 is 2.41 bits per heavy atom. The molecule has 0 aliphatic rings. The number of amides is 1. The summed E-state index contributed by atoms with van der Waals surface area (Å²) in [6.45, 7) is 1.73. The maximum absolute atomic E-state index is 12.0. The molecule has 0 spiro atoms. The van der Waals surface area contributed by atoms with E-state index in [1.54, 1.807) is 17.7 Å². The summed E-state index contributed by atoms with van der Waals surface area (Å²) in [5.41, 5.74) is 2.80. The fourth-order valence-corrected chi connectivity index (χ4v) is 2.54. The molecule has 9 heteroatoms. The molecule has 0 aromatic carbocycles. The summed E-state index contributed by atoms with van der Waals surface area (Å²) in [4.78, 5) is 28.6. The number of nitrogens with one attached hydrogen (secondary N) is 1. The zero-order chi connectivity index (χ0) is 15.5. The van der Waals surface area contributed by atoms with Crippen LogP contribution in [0.25, 0.3) is 5.78 Å². The van der Waals surface area contributed by atoms with Crippen molar-refractivity contribution in [2.75, 3.05) is 0 Å². The molecule has 3 aromatic rings. The third-order valence-corrected chi connectivity index (χ3v) is 3.77. The Bertz CT molecular complexity index is 893. The van der Waals surface area contributed by atoms with Crippen LogP contribution >= 0.6 is 11.3 Å². The first-order valence-electron chi connectivity index (χ1n) is 6.41. The summed E-state index contributed by atoms with van der Waals surface area (Å²) in [5.74, 6) is 0.00633. The second-order valence-electron chi connectivity index (χ2n) is 4.49. The summed E-state index contributed by atoms with van der Waals surface area (Å²) in [7, 11) is 0. The van der Waals surface area contributed by atoms with E-state index in [1.165, 1.54) is 23.7 Å². The minimum Gasteiger partial charge on any atom is -0.305 e. The Morgan fingerprint density at radius 3 is 3.18 bits per heavy atom. The van der Waals surface area contributed by atoms with Crippen molar-refractivity contribution >= 4 is 29.2 Å². The molecule has 0 unspecified atom stereocenters. The molecular formula is C13H12N6O2S. The molecule has 0 fully saturated rings. The van der Waals surface area contributed by atoms with Crippen LogP contribution < -0.4 is 11.0 Å². The predicted octanol–water partition coefficient (Wildman–Crippen LogP) is 0.411. The number of carbonyl (C=O) groups excluding carboxylic acids is 1. The molecule has 3 rings (SSSR count). The molecule has 0 aliphatic heterocycles. The van der Waals surface area contributed by atoms with Gasteiger partial charge in [-0.3, -0.25) is 9.59 Å². The molecular weight excluding hydrogens is 304 g/mol. The third-order valence-electron chi connectivity index (χ3n) is 2.96. The molecule has 0 radical (unpaired) electrons. The maximum atomic E-state index is 12.0. The Balaban J connectivity index is 1.77. The topological polar surface area (TPSA) is 93.7 Å². The van der Waals surface area contributed by atoms with Gasteiger partial charge in [0.25, 0.3) is 11.5 Å². The van der Waals surface area contributed by atoms with Gasteiger partial charge in [0, 0.05) is 16.6 Å². The summed E-state index contributed by atoms with van der Waals surface area (Å²) in [6.07, 6.45) is 2.85. The van der Waals surface area contributed by atoms with Gasteiger partial charge in [-0.15, -0.1) is 11.3 Å². The lowest BCUT2D eigenvalue weighted by molar-refractivity contribution is -0.121. The van der Waals surface area contributed by atoms with Gasteiger partial charge in [-0.05, 0) is 18.4 Å². The van der Waals surface area contributed by atoms with E-state index < -0.39 is 0 Å².